The molecule has 2 saturated heterocycles. The molecule has 1 amide bonds. The van der Waals surface area contributed by atoms with Crippen LogP contribution in [-0.4, -0.2) is 40.4 Å². The smallest absolute Gasteiger partial charge is 0.410 e. The van der Waals surface area contributed by atoms with Crippen LogP contribution in [0.2, 0.25) is 0 Å². The summed E-state index contributed by atoms with van der Waals surface area (Å²) in [7, 11) is 0. The number of fused-ring (bicyclic) bond motifs is 2. The highest BCUT2D eigenvalue weighted by Crippen LogP contribution is 2.40. The third-order valence-corrected chi connectivity index (χ3v) is 3.45. The number of ether oxygens (including phenoxy) is 1. The topological polar surface area (TPSA) is 49.8 Å². The van der Waals surface area contributed by atoms with Crippen molar-refractivity contribution in [2.24, 2.45) is 0 Å². The fourth-order valence-electron chi connectivity index (χ4n) is 2.96. The lowest BCUT2D eigenvalue weighted by Crippen LogP contribution is -2.52. The van der Waals surface area contributed by atoms with Crippen molar-refractivity contribution >= 4 is 6.09 Å². The maximum atomic E-state index is 11.7. The highest BCUT2D eigenvalue weighted by Gasteiger charge is 2.47. The summed E-state index contributed by atoms with van der Waals surface area (Å²) >= 11 is 0. The Labute approximate surface area is 90.2 Å². The van der Waals surface area contributed by atoms with E-state index in [1.807, 2.05) is 18.7 Å². The first kappa shape index (κ1) is 10.7. The van der Waals surface area contributed by atoms with Gasteiger partial charge in [0.2, 0.25) is 0 Å². The zero-order valence-corrected chi connectivity index (χ0v) is 9.40. The van der Waals surface area contributed by atoms with Crippen LogP contribution >= 0.6 is 0 Å². The van der Waals surface area contributed by atoms with E-state index in [9.17, 15) is 9.90 Å². The van der Waals surface area contributed by atoms with Crippen LogP contribution in [0, 0.1) is 0 Å². The molecule has 15 heavy (non-hydrogen) atoms. The molecule has 2 bridgehead atoms. The number of piperidine rings is 1. The van der Waals surface area contributed by atoms with Crippen molar-refractivity contribution in [2.45, 2.75) is 57.2 Å². The lowest BCUT2D eigenvalue weighted by Gasteiger charge is -2.41. The van der Waals surface area contributed by atoms with Gasteiger partial charge in [0.25, 0.3) is 0 Å². The van der Waals surface area contributed by atoms with Crippen molar-refractivity contribution in [1.82, 2.24) is 4.90 Å². The molecule has 0 aromatic heterocycles. The zero-order chi connectivity index (χ0) is 11.1. The number of hydrogen-bond acceptors (Lipinski definition) is 3. The summed E-state index contributed by atoms with van der Waals surface area (Å²) in [5.41, 5.74) is -0.602. The van der Waals surface area contributed by atoms with Crippen LogP contribution in [0.15, 0.2) is 0 Å². The van der Waals surface area contributed by atoms with Crippen LogP contribution in [0.1, 0.15) is 39.5 Å². The summed E-state index contributed by atoms with van der Waals surface area (Å²) < 4.78 is 5.04. The van der Waals surface area contributed by atoms with E-state index < -0.39 is 5.60 Å². The van der Waals surface area contributed by atoms with Crippen molar-refractivity contribution in [2.75, 3.05) is 6.61 Å². The molecule has 2 heterocycles. The second kappa shape index (κ2) is 3.67. The maximum Gasteiger partial charge on any atom is 0.410 e. The van der Waals surface area contributed by atoms with Gasteiger partial charge in [0.05, 0.1) is 12.2 Å². The molecule has 2 atom stereocenters. The minimum atomic E-state index is -0.602. The first-order chi connectivity index (χ1) is 7.03. The molecular weight excluding hydrogens is 194 g/mol. The summed E-state index contributed by atoms with van der Waals surface area (Å²) in [4.78, 5) is 13.5. The van der Waals surface area contributed by atoms with Crippen LogP contribution in [-0.2, 0) is 4.74 Å². The van der Waals surface area contributed by atoms with Gasteiger partial charge in [-0.25, -0.2) is 4.79 Å². The first-order valence-electron chi connectivity index (χ1n) is 5.71. The van der Waals surface area contributed by atoms with Crippen LogP contribution < -0.4 is 0 Å². The lowest BCUT2D eigenvalue weighted by atomic mass is 9.88. The molecule has 2 aliphatic heterocycles. The highest BCUT2D eigenvalue weighted by atomic mass is 16.6. The molecule has 0 aromatic carbocycles. The van der Waals surface area contributed by atoms with Gasteiger partial charge >= 0.3 is 6.09 Å². The Hall–Kier alpha value is -0.770. The van der Waals surface area contributed by atoms with Crippen molar-refractivity contribution < 1.29 is 14.6 Å². The van der Waals surface area contributed by atoms with Crippen LogP contribution in [0.5, 0.6) is 0 Å². The minimum absolute atomic E-state index is 0.179. The summed E-state index contributed by atoms with van der Waals surface area (Å²) in [5.74, 6) is 0. The van der Waals surface area contributed by atoms with E-state index in [0.29, 0.717) is 19.4 Å². The van der Waals surface area contributed by atoms with Gasteiger partial charge in [0.15, 0.2) is 0 Å². The Morgan fingerprint density at radius 3 is 2.47 bits per heavy atom. The Kier molecular flexibility index (Phi) is 2.63. The van der Waals surface area contributed by atoms with Crippen molar-refractivity contribution in [3.8, 4) is 0 Å². The third kappa shape index (κ3) is 1.95. The number of nitrogens with zero attached hydrogens (tertiary/aromatic N) is 1. The molecule has 0 saturated carbocycles. The SMILES string of the molecule is CCOC(=O)N1C2CCC1CC(C)(O)C2. The van der Waals surface area contributed by atoms with Crippen molar-refractivity contribution in [3.05, 3.63) is 0 Å². The van der Waals surface area contributed by atoms with Gasteiger partial charge in [-0.3, -0.25) is 0 Å². The molecule has 2 unspecified atom stereocenters. The molecule has 0 aromatic rings. The standard InChI is InChI=1S/C11H19NO3/c1-3-15-10(13)12-8-4-5-9(12)7-11(2,14)6-8/h8-9,14H,3-7H2,1-2H3. The Bertz CT molecular complexity index is 249. The molecule has 86 valence electrons. The van der Waals surface area contributed by atoms with Crippen LogP contribution in [0.3, 0.4) is 0 Å². The number of hydrogen-bond donors (Lipinski definition) is 1. The zero-order valence-electron chi connectivity index (χ0n) is 9.40. The quantitative estimate of drug-likeness (QED) is 0.718. The van der Waals surface area contributed by atoms with E-state index in [4.69, 9.17) is 4.74 Å². The normalized spacial score (nSPS) is 39.3. The van der Waals surface area contributed by atoms with Crippen LogP contribution in [0.25, 0.3) is 0 Å². The van der Waals surface area contributed by atoms with E-state index >= 15 is 0 Å². The maximum absolute atomic E-state index is 11.7. The van der Waals surface area contributed by atoms with Gasteiger partial charge in [-0.05, 0) is 39.5 Å². The van der Waals surface area contributed by atoms with E-state index in [0.717, 1.165) is 12.8 Å². The number of rotatable bonds is 1. The molecule has 4 nitrogen and oxygen atoms in total. The lowest BCUT2D eigenvalue weighted by molar-refractivity contribution is -0.0350. The number of amides is 1. The van der Waals surface area contributed by atoms with Crippen LogP contribution in [0.4, 0.5) is 4.79 Å². The highest BCUT2D eigenvalue weighted by molar-refractivity contribution is 5.69. The summed E-state index contributed by atoms with van der Waals surface area (Å²) in [6.45, 7) is 4.10. The van der Waals surface area contributed by atoms with Crippen molar-refractivity contribution in [3.63, 3.8) is 0 Å². The molecule has 0 aliphatic carbocycles. The predicted octanol–water partition coefficient (Wildman–Crippen LogP) is 1.52. The summed E-state index contributed by atoms with van der Waals surface area (Å²) in [6.07, 6.45) is 3.16. The second-order valence-corrected chi connectivity index (χ2v) is 4.90. The van der Waals surface area contributed by atoms with Gasteiger partial charge in [0.1, 0.15) is 0 Å². The van der Waals surface area contributed by atoms with Crippen molar-refractivity contribution in [1.29, 1.82) is 0 Å². The average molecular weight is 213 g/mol. The molecule has 2 rings (SSSR count). The largest absolute Gasteiger partial charge is 0.450 e. The molecular formula is C11H19NO3. The molecule has 4 heteroatoms. The van der Waals surface area contributed by atoms with E-state index in [2.05, 4.69) is 0 Å². The van der Waals surface area contributed by atoms with Gasteiger partial charge in [-0.15, -0.1) is 0 Å². The number of carbonyl (C=O) groups is 1. The van der Waals surface area contributed by atoms with Gasteiger partial charge in [0, 0.05) is 12.1 Å². The summed E-state index contributed by atoms with van der Waals surface area (Å²) in [6, 6.07) is 0.357. The number of carbonyl (C=O) groups excluding carboxylic acids is 1. The molecule has 2 aliphatic rings. The monoisotopic (exact) mass is 213 g/mol. The number of aliphatic hydroxyl groups is 1. The minimum Gasteiger partial charge on any atom is -0.450 e. The third-order valence-electron chi connectivity index (χ3n) is 3.45. The molecule has 0 spiro atoms. The molecule has 2 fully saturated rings. The molecule has 1 N–H and O–H groups in total. The van der Waals surface area contributed by atoms with Gasteiger partial charge in [-0.1, -0.05) is 0 Å². The Morgan fingerprint density at radius 1 is 1.47 bits per heavy atom. The fraction of sp³-hybridized carbons (Fsp3) is 0.909. The summed E-state index contributed by atoms with van der Waals surface area (Å²) in [5, 5.41) is 10.0. The molecule has 0 radical (unpaired) electrons. The van der Waals surface area contributed by atoms with Gasteiger partial charge < -0.3 is 14.7 Å². The first-order valence-corrected chi connectivity index (χ1v) is 5.71. The van der Waals surface area contributed by atoms with Gasteiger partial charge in [-0.2, -0.15) is 0 Å². The van der Waals surface area contributed by atoms with E-state index in [-0.39, 0.29) is 18.2 Å². The Morgan fingerprint density at radius 2 is 2.00 bits per heavy atom. The second-order valence-electron chi connectivity index (χ2n) is 4.90. The van der Waals surface area contributed by atoms with E-state index in [1.165, 1.54) is 0 Å². The Balaban J connectivity index is 2.08. The predicted molar refractivity (Wildman–Crippen MR) is 55.5 cm³/mol. The average Bonchev–Trinajstić information content (AvgIpc) is 2.39. The van der Waals surface area contributed by atoms with E-state index in [1.54, 1.807) is 0 Å². The fourth-order valence-corrected chi connectivity index (χ4v) is 2.96.